The lowest BCUT2D eigenvalue weighted by molar-refractivity contribution is 0.300. The maximum absolute atomic E-state index is 5.76. The van der Waals surface area contributed by atoms with Crippen molar-refractivity contribution in [2.45, 2.75) is 32.8 Å². The van der Waals surface area contributed by atoms with Crippen LogP contribution < -0.4 is 10.5 Å². The summed E-state index contributed by atoms with van der Waals surface area (Å²) in [6, 6.07) is 13.7. The number of rotatable bonds is 3. The van der Waals surface area contributed by atoms with Gasteiger partial charge in [-0.05, 0) is 35.2 Å². The molecule has 0 aliphatic heterocycles. The molecule has 1 heterocycles. The predicted octanol–water partition coefficient (Wildman–Crippen LogP) is 3.54. The lowest BCUT2D eigenvalue weighted by Crippen LogP contribution is -2.11. The van der Waals surface area contributed by atoms with E-state index in [1.807, 2.05) is 24.3 Å². The summed E-state index contributed by atoms with van der Waals surface area (Å²) in [4.78, 5) is 4.21. The van der Waals surface area contributed by atoms with Gasteiger partial charge in [-0.1, -0.05) is 39.0 Å². The highest BCUT2D eigenvalue weighted by Gasteiger charge is 2.13. The summed E-state index contributed by atoms with van der Waals surface area (Å²) in [5.74, 6) is 1.38. The van der Waals surface area contributed by atoms with Gasteiger partial charge in [-0.2, -0.15) is 0 Å². The number of ether oxygens (including phenoxy) is 1. The Kier molecular flexibility index (Phi) is 3.74. The standard InChI is InChI=1S/C16H20N2O/c1-16(2,3)12-6-4-8-14(10-12)19-11-13-7-5-9-15(17)18-13/h4-10H,11H2,1-3H3,(H2,17,18). The van der Waals surface area contributed by atoms with Crippen molar-refractivity contribution in [1.82, 2.24) is 4.98 Å². The number of nitrogens with two attached hydrogens (primary N) is 1. The van der Waals surface area contributed by atoms with E-state index >= 15 is 0 Å². The summed E-state index contributed by atoms with van der Waals surface area (Å²) in [6.45, 7) is 6.99. The molecule has 0 atom stereocenters. The maximum Gasteiger partial charge on any atom is 0.130 e. The van der Waals surface area contributed by atoms with Crippen LogP contribution in [0.15, 0.2) is 42.5 Å². The van der Waals surface area contributed by atoms with E-state index < -0.39 is 0 Å². The van der Waals surface area contributed by atoms with Gasteiger partial charge in [-0.15, -0.1) is 0 Å². The maximum atomic E-state index is 5.76. The third-order valence-electron chi connectivity index (χ3n) is 2.92. The number of aromatic nitrogens is 1. The molecule has 0 saturated carbocycles. The van der Waals surface area contributed by atoms with Gasteiger partial charge >= 0.3 is 0 Å². The van der Waals surface area contributed by atoms with Crippen molar-refractivity contribution in [3.8, 4) is 5.75 Å². The van der Waals surface area contributed by atoms with E-state index in [2.05, 4.69) is 37.9 Å². The molecular formula is C16H20N2O. The molecule has 0 radical (unpaired) electrons. The molecule has 1 aromatic heterocycles. The van der Waals surface area contributed by atoms with Gasteiger partial charge in [-0.25, -0.2) is 4.98 Å². The first-order valence-corrected chi connectivity index (χ1v) is 6.40. The van der Waals surface area contributed by atoms with Crippen molar-refractivity contribution < 1.29 is 4.74 Å². The Bertz CT molecular complexity index is 559. The van der Waals surface area contributed by atoms with Gasteiger partial charge < -0.3 is 10.5 Å². The number of anilines is 1. The Morgan fingerprint density at radius 3 is 2.53 bits per heavy atom. The molecule has 0 unspecified atom stereocenters. The molecule has 19 heavy (non-hydrogen) atoms. The first-order valence-electron chi connectivity index (χ1n) is 6.40. The molecule has 2 rings (SSSR count). The molecule has 0 bridgehead atoms. The van der Waals surface area contributed by atoms with E-state index in [-0.39, 0.29) is 5.41 Å². The first-order chi connectivity index (χ1) is 8.95. The van der Waals surface area contributed by atoms with E-state index in [0.717, 1.165) is 11.4 Å². The molecule has 3 nitrogen and oxygen atoms in total. The normalized spacial score (nSPS) is 11.3. The summed E-state index contributed by atoms with van der Waals surface area (Å²) in [7, 11) is 0. The highest BCUT2D eigenvalue weighted by atomic mass is 16.5. The Hall–Kier alpha value is -2.03. The second-order valence-corrected chi connectivity index (χ2v) is 5.62. The molecule has 0 aliphatic carbocycles. The molecule has 0 spiro atoms. The predicted molar refractivity (Wildman–Crippen MR) is 78.1 cm³/mol. The van der Waals surface area contributed by atoms with Crippen LogP contribution >= 0.6 is 0 Å². The third kappa shape index (κ3) is 3.71. The highest BCUT2D eigenvalue weighted by molar-refractivity contribution is 5.33. The van der Waals surface area contributed by atoms with Gasteiger partial charge in [0.05, 0.1) is 5.69 Å². The van der Waals surface area contributed by atoms with Crippen LogP contribution in [0, 0.1) is 0 Å². The number of hydrogen-bond donors (Lipinski definition) is 1. The summed E-state index contributed by atoms with van der Waals surface area (Å²) >= 11 is 0. The monoisotopic (exact) mass is 256 g/mol. The topological polar surface area (TPSA) is 48.1 Å². The zero-order valence-electron chi connectivity index (χ0n) is 11.7. The SMILES string of the molecule is CC(C)(C)c1cccc(OCc2cccc(N)n2)c1. The van der Waals surface area contributed by atoms with Crippen LogP contribution in [-0.4, -0.2) is 4.98 Å². The first kappa shape index (κ1) is 13.4. The minimum atomic E-state index is 0.120. The van der Waals surface area contributed by atoms with Crippen molar-refractivity contribution in [1.29, 1.82) is 0 Å². The Labute approximate surface area is 114 Å². The number of nitrogens with zero attached hydrogens (tertiary/aromatic N) is 1. The number of pyridine rings is 1. The van der Waals surface area contributed by atoms with Crippen LogP contribution in [0.1, 0.15) is 32.0 Å². The molecule has 3 heteroatoms. The highest BCUT2D eigenvalue weighted by Crippen LogP contribution is 2.25. The molecule has 0 amide bonds. The van der Waals surface area contributed by atoms with Gasteiger partial charge in [0.1, 0.15) is 18.2 Å². The van der Waals surface area contributed by atoms with Crippen molar-refractivity contribution in [3.63, 3.8) is 0 Å². The lowest BCUT2D eigenvalue weighted by atomic mass is 9.87. The second kappa shape index (κ2) is 5.31. The number of benzene rings is 1. The summed E-state index contributed by atoms with van der Waals surface area (Å²) in [5, 5.41) is 0. The minimum Gasteiger partial charge on any atom is -0.487 e. The van der Waals surface area contributed by atoms with Crippen molar-refractivity contribution in [2.75, 3.05) is 5.73 Å². The largest absolute Gasteiger partial charge is 0.487 e. The molecule has 1 aromatic carbocycles. The zero-order chi connectivity index (χ0) is 13.9. The Morgan fingerprint density at radius 1 is 1.11 bits per heavy atom. The second-order valence-electron chi connectivity index (χ2n) is 5.62. The zero-order valence-corrected chi connectivity index (χ0v) is 11.7. The fraction of sp³-hybridized carbons (Fsp3) is 0.312. The fourth-order valence-electron chi connectivity index (χ4n) is 1.79. The van der Waals surface area contributed by atoms with Crippen LogP contribution in [-0.2, 0) is 12.0 Å². The molecular weight excluding hydrogens is 236 g/mol. The molecule has 100 valence electrons. The molecule has 2 aromatic rings. The van der Waals surface area contributed by atoms with E-state index in [0.29, 0.717) is 12.4 Å². The van der Waals surface area contributed by atoms with Crippen LogP contribution in [0.3, 0.4) is 0 Å². The van der Waals surface area contributed by atoms with Crippen LogP contribution in [0.2, 0.25) is 0 Å². The average Bonchev–Trinajstić information content (AvgIpc) is 2.36. The van der Waals surface area contributed by atoms with Crippen molar-refractivity contribution in [3.05, 3.63) is 53.7 Å². The molecule has 0 fully saturated rings. The van der Waals surface area contributed by atoms with Crippen LogP contribution in [0.4, 0.5) is 5.82 Å². The van der Waals surface area contributed by atoms with E-state index in [1.165, 1.54) is 5.56 Å². The van der Waals surface area contributed by atoms with Crippen molar-refractivity contribution in [2.24, 2.45) is 0 Å². The van der Waals surface area contributed by atoms with Crippen LogP contribution in [0.25, 0.3) is 0 Å². The van der Waals surface area contributed by atoms with Gasteiger partial charge in [0.25, 0.3) is 0 Å². The van der Waals surface area contributed by atoms with Crippen LogP contribution in [0.5, 0.6) is 5.75 Å². The Balaban J connectivity index is 2.08. The Morgan fingerprint density at radius 2 is 1.84 bits per heavy atom. The van der Waals surface area contributed by atoms with Crippen molar-refractivity contribution >= 4 is 5.82 Å². The number of nitrogen functional groups attached to an aromatic ring is 1. The smallest absolute Gasteiger partial charge is 0.130 e. The minimum absolute atomic E-state index is 0.120. The lowest BCUT2D eigenvalue weighted by Gasteiger charge is -2.19. The summed E-state index contributed by atoms with van der Waals surface area (Å²) < 4.78 is 5.76. The van der Waals surface area contributed by atoms with Gasteiger partial charge in [0, 0.05) is 0 Å². The van der Waals surface area contributed by atoms with E-state index in [1.54, 1.807) is 6.07 Å². The summed E-state index contributed by atoms with van der Waals surface area (Å²) in [6.07, 6.45) is 0. The average molecular weight is 256 g/mol. The van der Waals surface area contributed by atoms with E-state index in [4.69, 9.17) is 10.5 Å². The third-order valence-corrected chi connectivity index (χ3v) is 2.92. The molecule has 0 aliphatic rings. The van der Waals surface area contributed by atoms with Gasteiger partial charge in [-0.3, -0.25) is 0 Å². The van der Waals surface area contributed by atoms with Gasteiger partial charge in [0.2, 0.25) is 0 Å². The molecule has 0 saturated heterocycles. The molecule has 2 N–H and O–H groups in total. The van der Waals surface area contributed by atoms with E-state index in [9.17, 15) is 0 Å². The van der Waals surface area contributed by atoms with Gasteiger partial charge in [0.15, 0.2) is 0 Å². The number of hydrogen-bond acceptors (Lipinski definition) is 3. The summed E-state index contributed by atoms with van der Waals surface area (Å²) in [5.41, 5.74) is 7.85. The fourth-order valence-corrected chi connectivity index (χ4v) is 1.79. The quantitative estimate of drug-likeness (QED) is 0.913.